The summed E-state index contributed by atoms with van der Waals surface area (Å²) in [5, 5.41) is 11.6. The highest BCUT2D eigenvalue weighted by atomic mass is 32.2. The number of carbonyl (C=O) groups excluding carboxylic acids is 1. The Hall–Kier alpha value is -2.54. The summed E-state index contributed by atoms with van der Waals surface area (Å²) in [4.78, 5) is 12.3. The minimum absolute atomic E-state index is 0.0357. The molecule has 7 heteroatoms. The van der Waals surface area contributed by atoms with Gasteiger partial charge in [0.1, 0.15) is 0 Å². The molecule has 0 radical (unpaired) electrons. The van der Waals surface area contributed by atoms with Crippen LogP contribution < -0.4 is 5.32 Å². The second-order valence-corrected chi connectivity index (χ2v) is 6.61. The van der Waals surface area contributed by atoms with Gasteiger partial charge in [-0.3, -0.25) is 4.79 Å². The van der Waals surface area contributed by atoms with Crippen molar-refractivity contribution >= 4 is 17.7 Å². The van der Waals surface area contributed by atoms with Gasteiger partial charge in [0.15, 0.2) is 16.7 Å². The molecular formula is C17H18N4O2S. The molecule has 0 fully saturated rings. The van der Waals surface area contributed by atoms with Crippen molar-refractivity contribution < 1.29 is 9.21 Å². The van der Waals surface area contributed by atoms with Gasteiger partial charge in [-0.15, -0.1) is 10.2 Å². The summed E-state index contributed by atoms with van der Waals surface area (Å²) >= 11 is 1.37. The zero-order valence-electron chi connectivity index (χ0n) is 13.5. The van der Waals surface area contributed by atoms with Crippen LogP contribution in [0.1, 0.15) is 12.5 Å². The Bertz CT molecular complexity index is 799. The van der Waals surface area contributed by atoms with Crippen LogP contribution >= 0.6 is 11.8 Å². The molecule has 2 heterocycles. The number of rotatable bonds is 6. The van der Waals surface area contributed by atoms with E-state index in [1.54, 1.807) is 12.3 Å². The molecule has 0 saturated carbocycles. The standard InChI is InChI=1S/C17H18N4O2S/c1-12(16(22)18-11-13-7-4-3-5-8-13)24-17-20-19-15(21(17)2)14-9-6-10-23-14/h3-10,12H,11H2,1-2H3,(H,18,22)/t12-/m0/s1. The molecule has 1 amide bonds. The van der Waals surface area contributed by atoms with Gasteiger partial charge in [-0.1, -0.05) is 42.1 Å². The van der Waals surface area contributed by atoms with Crippen LogP contribution in [0.25, 0.3) is 11.6 Å². The number of nitrogens with zero attached hydrogens (tertiary/aromatic N) is 3. The lowest BCUT2D eigenvalue weighted by atomic mass is 10.2. The van der Waals surface area contributed by atoms with Gasteiger partial charge >= 0.3 is 0 Å². The summed E-state index contributed by atoms with van der Waals surface area (Å²) in [6, 6.07) is 13.5. The summed E-state index contributed by atoms with van der Waals surface area (Å²) in [6.07, 6.45) is 1.59. The third kappa shape index (κ3) is 3.68. The molecule has 0 bridgehead atoms. The quantitative estimate of drug-likeness (QED) is 0.697. The second kappa shape index (κ2) is 7.35. The average molecular weight is 342 g/mol. The molecule has 24 heavy (non-hydrogen) atoms. The maximum atomic E-state index is 12.3. The topological polar surface area (TPSA) is 73.0 Å². The fourth-order valence-corrected chi connectivity index (χ4v) is 3.02. The molecule has 1 aromatic carbocycles. The van der Waals surface area contributed by atoms with E-state index in [-0.39, 0.29) is 11.2 Å². The van der Waals surface area contributed by atoms with Crippen LogP contribution in [-0.2, 0) is 18.4 Å². The van der Waals surface area contributed by atoms with Gasteiger partial charge in [0.25, 0.3) is 0 Å². The SMILES string of the molecule is C[C@H](Sc1nnc(-c2ccco2)n1C)C(=O)NCc1ccccc1. The Kier molecular flexibility index (Phi) is 5.00. The number of benzene rings is 1. The van der Waals surface area contributed by atoms with Crippen LogP contribution in [0, 0.1) is 0 Å². The third-order valence-electron chi connectivity index (χ3n) is 3.54. The minimum Gasteiger partial charge on any atom is -0.461 e. The fourth-order valence-electron chi connectivity index (χ4n) is 2.18. The maximum Gasteiger partial charge on any atom is 0.233 e. The van der Waals surface area contributed by atoms with Crippen LogP contribution in [-0.4, -0.2) is 25.9 Å². The zero-order chi connectivity index (χ0) is 16.9. The van der Waals surface area contributed by atoms with Crippen molar-refractivity contribution in [2.45, 2.75) is 23.9 Å². The van der Waals surface area contributed by atoms with E-state index in [9.17, 15) is 4.79 Å². The molecule has 124 valence electrons. The van der Waals surface area contributed by atoms with E-state index in [2.05, 4.69) is 15.5 Å². The molecule has 0 aliphatic carbocycles. The molecule has 0 spiro atoms. The van der Waals surface area contributed by atoms with Crippen molar-refractivity contribution in [2.75, 3.05) is 0 Å². The molecule has 1 N–H and O–H groups in total. The zero-order valence-corrected chi connectivity index (χ0v) is 14.3. The van der Waals surface area contributed by atoms with E-state index in [1.807, 2.05) is 54.9 Å². The summed E-state index contributed by atoms with van der Waals surface area (Å²) in [5.41, 5.74) is 1.07. The third-order valence-corrected chi connectivity index (χ3v) is 4.67. The van der Waals surface area contributed by atoms with Crippen LogP contribution in [0.4, 0.5) is 0 Å². The smallest absolute Gasteiger partial charge is 0.233 e. The van der Waals surface area contributed by atoms with Gasteiger partial charge in [0.05, 0.1) is 11.5 Å². The van der Waals surface area contributed by atoms with E-state index in [1.165, 1.54) is 11.8 Å². The molecule has 0 saturated heterocycles. The molecule has 2 aromatic heterocycles. The Morgan fingerprint density at radius 2 is 2.04 bits per heavy atom. The number of hydrogen-bond acceptors (Lipinski definition) is 5. The first-order valence-corrected chi connectivity index (χ1v) is 8.44. The average Bonchev–Trinajstić information content (AvgIpc) is 3.24. The predicted molar refractivity (Wildman–Crippen MR) is 92.3 cm³/mol. The number of carbonyl (C=O) groups is 1. The number of thioether (sulfide) groups is 1. The van der Waals surface area contributed by atoms with Gasteiger partial charge < -0.3 is 14.3 Å². The summed E-state index contributed by atoms with van der Waals surface area (Å²) in [6.45, 7) is 2.37. The van der Waals surface area contributed by atoms with Crippen molar-refractivity contribution in [1.82, 2.24) is 20.1 Å². The van der Waals surface area contributed by atoms with E-state index < -0.39 is 0 Å². The number of amides is 1. The van der Waals surface area contributed by atoms with Crippen molar-refractivity contribution in [3.8, 4) is 11.6 Å². The Balaban J connectivity index is 1.60. The molecule has 6 nitrogen and oxygen atoms in total. The van der Waals surface area contributed by atoms with Gasteiger partial charge in [-0.05, 0) is 24.6 Å². The van der Waals surface area contributed by atoms with Gasteiger partial charge in [0.2, 0.25) is 5.91 Å². The van der Waals surface area contributed by atoms with Crippen molar-refractivity contribution in [1.29, 1.82) is 0 Å². The lowest BCUT2D eigenvalue weighted by Gasteiger charge is -2.11. The second-order valence-electron chi connectivity index (χ2n) is 5.31. The van der Waals surface area contributed by atoms with E-state index in [0.29, 0.717) is 23.3 Å². The molecule has 3 rings (SSSR count). The highest BCUT2D eigenvalue weighted by Gasteiger charge is 2.19. The first-order chi connectivity index (χ1) is 11.6. The highest BCUT2D eigenvalue weighted by molar-refractivity contribution is 8.00. The molecule has 0 unspecified atom stereocenters. The number of furan rings is 1. The van der Waals surface area contributed by atoms with Crippen LogP contribution in [0.15, 0.2) is 58.3 Å². The monoisotopic (exact) mass is 342 g/mol. The van der Waals surface area contributed by atoms with Crippen molar-refractivity contribution in [3.05, 3.63) is 54.3 Å². The maximum absolute atomic E-state index is 12.3. The van der Waals surface area contributed by atoms with Gasteiger partial charge in [-0.25, -0.2) is 0 Å². The van der Waals surface area contributed by atoms with Crippen molar-refractivity contribution in [3.63, 3.8) is 0 Å². The van der Waals surface area contributed by atoms with Gasteiger partial charge in [0, 0.05) is 13.6 Å². The first-order valence-electron chi connectivity index (χ1n) is 7.56. The lowest BCUT2D eigenvalue weighted by Crippen LogP contribution is -2.30. The van der Waals surface area contributed by atoms with E-state index >= 15 is 0 Å². The lowest BCUT2D eigenvalue weighted by molar-refractivity contribution is -0.120. The van der Waals surface area contributed by atoms with Crippen LogP contribution in [0.3, 0.4) is 0 Å². The van der Waals surface area contributed by atoms with Crippen molar-refractivity contribution in [2.24, 2.45) is 7.05 Å². The molecule has 0 aliphatic rings. The molecule has 0 aliphatic heterocycles. The number of nitrogens with one attached hydrogen (secondary N) is 1. The Labute approximate surface area is 144 Å². The Morgan fingerprint density at radius 3 is 2.75 bits per heavy atom. The fraction of sp³-hybridized carbons (Fsp3) is 0.235. The van der Waals surface area contributed by atoms with Crippen LogP contribution in [0.5, 0.6) is 0 Å². The first kappa shape index (κ1) is 16.3. The minimum atomic E-state index is -0.277. The number of aromatic nitrogens is 3. The largest absolute Gasteiger partial charge is 0.461 e. The summed E-state index contributed by atoms with van der Waals surface area (Å²) in [7, 11) is 1.86. The van der Waals surface area contributed by atoms with Gasteiger partial charge in [-0.2, -0.15) is 0 Å². The summed E-state index contributed by atoms with van der Waals surface area (Å²) < 4.78 is 7.17. The molecule has 3 aromatic rings. The van der Waals surface area contributed by atoms with E-state index in [0.717, 1.165) is 5.56 Å². The highest BCUT2D eigenvalue weighted by Crippen LogP contribution is 2.25. The van der Waals surface area contributed by atoms with E-state index in [4.69, 9.17) is 4.42 Å². The summed E-state index contributed by atoms with van der Waals surface area (Å²) in [5.74, 6) is 1.25. The number of hydrogen-bond donors (Lipinski definition) is 1. The molecule has 1 atom stereocenters. The predicted octanol–water partition coefficient (Wildman–Crippen LogP) is 2.87. The molecular weight excluding hydrogens is 324 g/mol. The van der Waals surface area contributed by atoms with Crippen LogP contribution in [0.2, 0.25) is 0 Å². The Morgan fingerprint density at radius 1 is 1.25 bits per heavy atom. The normalized spacial score (nSPS) is 12.1.